The summed E-state index contributed by atoms with van der Waals surface area (Å²) >= 11 is 0. The Morgan fingerprint density at radius 2 is 1.53 bits per heavy atom. The molecule has 17 atom stereocenters. The Morgan fingerprint density at radius 1 is 0.851 bits per heavy atom. The smallest absolute Gasteiger partial charge is 0.317 e. The van der Waals surface area contributed by atoms with E-state index < -0.39 is 29.5 Å². The molecule has 7 fully saturated rings. The highest BCUT2D eigenvalue weighted by Gasteiger charge is 2.68. The topological polar surface area (TPSA) is 125 Å². The van der Waals surface area contributed by atoms with Gasteiger partial charge in [0.15, 0.2) is 6.79 Å². The number of esters is 4. The molecule has 1 heterocycles. The van der Waals surface area contributed by atoms with Crippen molar-refractivity contribution >= 4 is 23.9 Å². The molecule has 7 rings (SSSR count). The Hall–Kier alpha value is -2.00. The third-order valence-electron chi connectivity index (χ3n) is 14.5. The molecule has 0 aromatic carbocycles. The van der Waals surface area contributed by atoms with Gasteiger partial charge in [-0.25, -0.2) is 0 Å². The third-order valence-corrected chi connectivity index (χ3v) is 14.5. The zero-order valence-electron chi connectivity index (χ0n) is 29.1. The van der Waals surface area contributed by atoms with E-state index >= 15 is 0 Å². The fraction of sp³-hybridized carbons (Fsp3) is 0.895. The molecule has 6 saturated carbocycles. The Bertz CT molecular complexity index is 1260. The molecular formula is C38H56O9. The number of carbonyl (C=O) groups is 4. The first-order chi connectivity index (χ1) is 22.3. The molecule has 0 aromatic heterocycles. The largest absolute Gasteiger partial charge is 0.460 e. The van der Waals surface area contributed by atoms with Gasteiger partial charge < -0.3 is 24.1 Å². The van der Waals surface area contributed by atoms with E-state index in [9.17, 15) is 24.3 Å². The minimum atomic E-state index is -0.733. The van der Waals surface area contributed by atoms with Crippen molar-refractivity contribution in [2.45, 2.75) is 105 Å². The molecule has 9 heteroatoms. The number of carbonyl (C=O) groups excluding carboxylic acids is 4. The van der Waals surface area contributed by atoms with Crippen LogP contribution in [0, 0.1) is 94.7 Å². The van der Waals surface area contributed by atoms with Crippen LogP contribution in [-0.2, 0) is 38.1 Å². The second-order valence-corrected chi connectivity index (χ2v) is 17.6. The van der Waals surface area contributed by atoms with Gasteiger partial charge in [0, 0.05) is 6.61 Å². The Balaban J connectivity index is 1.20. The molecule has 17 unspecified atom stereocenters. The Kier molecular flexibility index (Phi) is 8.84. The number of rotatable bonds is 10. The Morgan fingerprint density at radius 3 is 2.17 bits per heavy atom. The van der Waals surface area contributed by atoms with Crippen molar-refractivity contribution in [1.82, 2.24) is 0 Å². The lowest BCUT2D eigenvalue weighted by Gasteiger charge is -2.51. The van der Waals surface area contributed by atoms with Gasteiger partial charge in [0.05, 0.1) is 30.3 Å². The van der Waals surface area contributed by atoms with E-state index in [4.69, 9.17) is 18.9 Å². The molecule has 6 bridgehead atoms. The highest BCUT2D eigenvalue weighted by molar-refractivity contribution is 5.96. The lowest BCUT2D eigenvalue weighted by molar-refractivity contribution is -0.166. The minimum Gasteiger partial charge on any atom is -0.460 e. The van der Waals surface area contributed by atoms with Crippen molar-refractivity contribution in [1.29, 1.82) is 0 Å². The van der Waals surface area contributed by atoms with E-state index in [1.165, 1.54) is 0 Å². The van der Waals surface area contributed by atoms with E-state index in [2.05, 4.69) is 6.92 Å². The van der Waals surface area contributed by atoms with Crippen LogP contribution in [0.4, 0.5) is 0 Å². The van der Waals surface area contributed by atoms with E-state index in [-0.39, 0.29) is 66.6 Å². The van der Waals surface area contributed by atoms with E-state index in [0.29, 0.717) is 54.0 Å². The average molecular weight is 657 g/mol. The summed E-state index contributed by atoms with van der Waals surface area (Å²) in [6.07, 6.45) is 6.41. The molecule has 0 aromatic rings. The SMILES string of the molecule is CCOCOC(=O)C1CC2CC1C(C1C3CCC(C3)C1C1C(=O)OC(=O)C1C)C2C1C(C)C2CC(C(O)CC(=O)OC(C)(C)C)C1C2. The predicted molar refractivity (Wildman–Crippen MR) is 170 cm³/mol. The molecule has 1 N–H and O–H groups in total. The summed E-state index contributed by atoms with van der Waals surface area (Å²) in [6, 6.07) is 0. The summed E-state index contributed by atoms with van der Waals surface area (Å²) in [7, 11) is 0. The van der Waals surface area contributed by atoms with Crippen molar-refractivity contribution < 1.29 is 43.2 Å². The third kappa shape index (κ3) is 5.67. The maximum absolute atomic E-state index is 13.6. The molecule has 9 nitrogen and oxygen atoms in total. The standard InChI is InChI=1S/C38H56O9/c1-7-44-16-45-36(42)26-14-22-13-25(26)34(32-20-9-8-19(10-20)31(32)30-18(3)35(41)46-37(30)43)33(22)29-17(2)21-11-23(24(29)12-21)27(39)15-28(40)47-38(4,5)6/h17-27,29-34,39H,7-16H2,1-6H3. The van der Waals surface area contributed by atoms with Crippen LogP contribution >= 0.6 is 0 Å². The highest BCUT2D eigenvalue weighted by Crippen LogP contribution is 2.72. The van der Waals surface area contributed by atoms with Gasteiger partial charge in [-0.3, -0.25) is 19.2 Å². The molecule has 7 aliphatic rings. The number of hydrogen-bond acceptors (Lipinski definition) is 9. The van der Waals surface area contributed by atoms with Crippen LogP contribution in [0.2, 0.25) is 0 Å². The van der Waals surface area contributed by atoms with E-state index in [1.807, 2.05) is 34.6 Å². The molecule has 1 aliphatic heterocycles. The quantitative estimate of drug-likeness (QED) is 0.108. The molecule has 0 amide bonds. The van der Waals surface area contributed by atoms with Crippen molar-refractivity contribution in [2.24, 2.45) is 94.7 Å². The van der Waals surface area contributed by atoms with Crippen LogP contribution in [0.1, 0.15) is 92.9 Å². The van der Waals surface area contributed by atoms with Gasteiger partial charge in [0.1, 0.15) is 5.60 Å². The van der Waals surface area contributed by atoms with Crippen LogP contribution in [0.15, 0.2) is 0 Å². The number of cyclic esters (lactones) is 2. The summed E-state index contributed by atoms with van der Waals surface area (Å²) in [5, 5.41) is 11.5. The molecule has 1 saturated heterocycles. The van der Waals surface area contributed by atoms with Crippen molar-refractivity contribution in [3.05, 3.63) is 0 Å². The lowest BCUT2D eigenvalue weighted by Crippen LogP contribution is -2.49. The van der Waals surface area contributed by atoms with Crippen molar-refractivity contribution in [3.63, 3.8) is 0 Å². The maximum atomic E-state index is 13.6. The molecule has 47 heavy (non-hydrogen) atoms. The number of hydrogen-bond donors (Lipinski definition) is 1. The molecular weight excluding hydrogens is 600 g/mol. The van der Waals surface area contributed by atoms with Crippen LogP contribution in [0.3, 0.4) is 0 Å². The monoisotopic (exact) mass is 656 g/mol. The number of fused-ring (bicyclic) bond motifs is 6. The van der Waals surface area contributed by atoms with Crippen LogP contribution in [-0.4, -0.2) is 54.1 Å². The average Bonchev–Trinajstić information content (AvgIpc) is 3.84. The summed E-state index contributed by atoms with van der Waals surface area (Å²) in [5.41, 5.74) is -0.593. The first-order valence-corrected chi connectivity index (χ1v) is 18.7. The Labute approximate surface area is 279 Å². The fourth-order valence-corrected chi connectivity index (χ4v) is 13.2. The van der Waals surface area contributed by atoms with E-state index in [1.54, 1.807) is 0 Å². The normalized spacial score (nSPS) is 47.1. The van der Waals surface area contributed by atoms with Gasteiger partial charge in [0.2, 0.25) is 0 Å². The fourth-order valence-electron chi connectivity index (χ4n) is 13.2. The molecule has 0 spiro atoms. The zero-order valence-corrected chi connectivity index (χ0v) is 29.1. The molecule has 0 radical (unpaired) electrons. The summed E-state index contributed by atoms with van der Waals surface area (Å²) in [5.74, 6) is 1.90. The number of ether oxygens (including phenoxy) is 4. The van der Waals surface area contributed by atoms with Gasteiger partial charge in [0.25, 0.3) is 0 Å². The molecule has 6 aliphatic carbocycles. The van der Waals surface area contributed by atoms with Gasteiger partial charge in [-0.2, -0.15) is 0 Å². The zero-order chi connectivity index (χ0) is 33.5. The first-order valence-electron chi connectivity index (χ1n) is 18.7. The summed E-state index contributed by atoms with van der Waals surface area (Å²) < 4.78 is 21.9. The van der Waals surface area contributed by atoms with Crippen LogP contribution < -0.4 is 0 Å². The maximum Gasteiger partial charge on any atom is 0.317 e. The number of aliphatic hydroxyl groups excluding tert-OH is 1. The highest BCUT2D eigenvalue weighted by atomic mass is 16.7. The van der Waals surface area contributed by atoms with E-state index in [0.717, 1.165) is 44.9 Å². The van der Waals surface area contributed by atoms with Gasteiger partial charge >= 0.3 is 23.9 Å². The van der Waals surface area contributed by atoms with Gasteiger partial charge in [-0.05, 0) is 150 Å². The van der Waals surface area contributed by atoms with Crippen molar-refractivity contribution in [2.75, 3.05) is 13.4 Å². The first kappa shape index (κ1) is 33.5. The van der Waals surface area contributed by atoms with Crippen LogP contribution in [0.25, 0.3) is 0 Å². The summed E-state index contributed by atoms with van der Waals surface area (Å²) in [6.45, 7) is 12.2. The van der Waals surface area contributed by atoms with Crippen LogP contribution in [0.5, 0.6) is 0 Å². The second kappa shape index (κ2) is 12.4. The minimum absolute atomic E-state index is 0.0182. The second-order valence-electron chi connectivity index (χ2n) is 17.6. The van der Waals surface area contributed by atoms with Gasteiger partial charge in [-0.15, -0.1) is 0 Å². The predicted octanol–water partition coefficient (Wildman–Crippen LogP) is 5.41. The van der Waals surface area contributed by atoms with Gasteiger partial charge in [-0.1, -0.05) is 13.8 Å². The van der Waals surface area contributed by atoms with Crippen molar-refractivity contribution in [3.8, 4) is 0 Å². The molecule has 262 valence electrons. The lowest BCUT2D eigenvalue weighted by atomic mass is 9.53. The summed E-state index contributed by atoms with van der Waals surface area (Å²) in [4.78, 5) is 52.3. The number of aliphatic hydroxyl groups is 1.